The van der Waals surface area contributed by atoms with Crippen molar-refractivity contribution in [1.29, 1.82) is 0 Å². The number of phenolic OH excluding ortho intramolecular Hbond substituents is 10. The lowest BCUT2D eigenvalue weighted by atomic mass is 10.0. The van der Waals surface area contributed by atoms with E-state index in [1.54, 1.807) is 0 Å². The normalized spacial score (nSPS) is 11.4. The molecule has 0 unspecified atom stereocenters. The van der Waals surface area contributed by atoms with Crippen LogP contribution in [0.5, 0.6) is 57.5 Å². The Bertz CT molecular complexity index is 1410. The Hall–Kier alpha value is -4.68. The van der Waals surface area contributed by atoms with Crippen molar-refractivity contribution >= 4 is 33.0 Å². The molecular weight excluding hydrogens is 398 g/mol. The predicted octanol–water partition coefficient (Wildman–Crippen LogP) is 1.84. The van der Waals surface area contributed by atoms with Crippen LogP contribution in [0.2, 0.25) is 0 Å². The van der Waals surface area contributed by atoms with E-state index in [4.69, 9.17) is 9.15 Å². The summed E-state index contributed by atoms with van der Waals surface area (Å²) in [4.78, 5) is 2.28. The largest absolute Gasteiger partial charge is 0.505 e. The third kappa shape index (κ3) is 2.03. The van der Waals surface area contributed by atoms with Gasteiger partial charge in [0.15, 0.2) is 28.7 Å². The molecule has 0 spiro atoms. The van der Waals surface area contributed by atoms with Gasteiger partial charge in [0.25, 0.3) is 5.58 Å². The molecule has 0 saturated heterocycles. The summed E-state index contributed by atoms with van der Waals surface area (Å²) in [5, 5.41) is 98.2. The summed E-state index contributed by atoms with van der Waals surface area (Å²) >= 11 is 0. The maximum absolute atomic E-state index is 10.5. The number of hydrogen-bond donors (Lipinski definition) is 11. The molecule has 152 valence electrons. The van der Waals surface area contributed by atoms with Gasteiger partial charge in [0.2, 0.25) is 34.3 Å². The van der Waals surface area contributed by atoms with Crippen LogP contribution in [0.3, 0.4) is 0 Å². The lowest BCUT2D eigenvalue weighted by Gasteiger charge is -2.12. The van der Waals surface area contributed by atoms with E-state index in [0.29, 0.717) is 0 Å². The van der Waals surface area contributed by atoms with E-state index in [1.807, 2.05) is 0 Å². The van der Waals surface area contributed by atoms with Crippen molar-refractivity contribution < 1.29 is 60.2 Å². The molecule has 1 aromatic heterocycles. The van der Waals surface area contributed by atoms with Crippen molar-refractivity contribution in [1.82, 2.24) is 4.98 Å². The van der Waals surface area contributed by atoms with Gasteiger partial charge in [-0.25, -0.2) is 0 Å². The fourth-order valence-corrected chi connectivity index (χ4v) is 2.90. The SMILES string of the molecule is Oc1c(O)c(O)c2ooc3c(O)c4c(O)c(O)c(O)c(O)c4c(O)c3[nH]c2c1O. The summed E-state index contributed by atoms with van der Waals surface area (Å²) in [6.07, 6.45) is 0. The van der Waals surface area contributed by atoms with Gasteiger partial charge in [-0.05, 0) is 0 Å². The number of H-pyrrole nitrogens is 1. The monoisotopic (exact) mass is 409 g/mol. The number of hydrogen-bond acceptors (Lipinski definition) is 12. The van der Waals surface area contributed by atoms with E-state index in [-0.39, 0.29) is 0 Å². The van der Waals surface area contributed by atoms with Crippen LogP contribution in [0.1, 0.15) is 0 Å². The number of aromatic amines is 1. The minimum Gasteiger partial charge on any atom is -0.505 e. The third-order valence-corrected chi connectivity index (χ3v) is 4.36. The molecule has 1 heterocycles. The second-order valence-electron chi connectivity index (χ2n) is 5.94. The number of fused-ring (bicyclic) bond motifs is 3. The molecule has 0 bridgehead atoms. The van der Waals surface area contributed by atoms with Crippen molar-refractivity contribution in [2.75, 3.05) is 0 Å². The van der Waals surface area contributed by atoms with Gasteiger partial charge in [0.05, 0.1) is 10.8 Å². The van der Waals surface area contributed by atoms with Gasteiger partial charge in [-0.3, -0.25) is 9.15 Å². The second-order valence-corrected chi connectivity index (χ2v) is 5.94. The maximum atomic E-state index is 10.5. The van der Waals surface area contributed by atoms with E-state index in [9.17, 15) is 51.1 Å². The van der Waals surface area contributed by atoms with Gasteiger partial charge in [-0.1, -0.05) is 0 Å². The van der Waals surface area contributed by atoms with Crippen LogP contribution in [0.25, 0.3) is 33.0 Å². The highest BCUT2D eigenvalue weighted by atomic mass is 17.0. The minimum atomic E-state index is -1.21. The van der Waals surface area contributed by atoms with Gasteiger partial charge < -0.3 is 56.0 Å². The first kappa shape index (κ1) is 17.7. The topological polar surface area (TPSA) is 244 Å². The number of benzene rings is 3. The first-order valence-corrected chi connectivity index (χ1v) is 7.56. The zero-order chi connectivity index (χ0) is 21.4. The molecule has 4 aromatic rings. The molecule has 29 heavy (non-hydrogen) atoms. The summed E-state index contributed by atoms with van der Waals surface area (Å²) in [5.74, 6) is -11.1. The minimum absolute atomic E-state index is 0.617. The Labute approximate surface area is 156 Å². The van der Waals surface area contributed by atoms with Crippen molar-refractivity contribution in [2.24, 2.45) is 0 Å². The average molecular weight is 409 g/mol. The van der Waals surface area contributed by atoms with E-state index in [0.717, 1.165) is 0 Å². The molecule has 0 aliphatic rings. The first-order chi connectivity index (χ1) is 13.6. The molecule has 0 aliphatic carbocycles. The van der Waals surface area contributed by atoms with Crippen LogP contribution in [0, 0.1) is 0 Å². The maximum Gasteiger partial charge on any atom is 0.251 e. The molecule has 0 fully saturated rings. The van der Waals surface area contributed by atoms with Crippen LogP contribution in [-0.4, -0.2) is 56.0 Å². The van der Waals surface area contributed by atoms with E-state index in [2.05, 4.69) is 4.98 Å². The number of aromatic nitrogens is 1. The zero-order valence-electron chi connectivity index (χ0n) is 13.8. The van der Waals surface area contributed by atoms with Gasteiger partial charge in [0, 0.05) is 0 Å². The highest BCUT2D eigenvalue weighted by Crippen LogP contribution is 2.56. The molecular formula is C16H11NO12. The molecule has 0 radical (unpaired) electrons. The molecule has 13 heteroatoms. The van der Waals surface area contributed by atoms with Crippen molar-refractivity contribution in [3.63, 3.8) is 0 Å². The Balaban J connectivity index is 2.38. The highest BCUT2D eigenvalue weighted by molar-refractivity contribution is 6.14. The van der Waals surface area contributed by atoms with E-state index in [1.165, 1.54) is 0 Å². The van der Waals surface area contributed by atoms with E-state index >= 15 is 0 Å². The van der Waals surface area contributed by atoms with E-state index < -0.39 is 90.5 Å². The molecule has 13 nitrogen and oxygen atoms in total. The lowest BCUT2D eigenvalue weighted by Crippen LogP contribution is -1.86. The quantitative estimate of drug-likeness (QED) is 0.113. The molecule has 11 N–H and O–H groups in total. The number of rotatable bonds is 0. The van der Waals surface area contributed by atoms with Crippen molar-refractivity contribution in [3.05, 3.63) is 0 Å². The molecule has 0 saturated carbocycles. The zero-order valence-corrected chi connectivity index (χ0v) is 13.8. The summed E-state index contributed by atoms with van der Waals surface area (Å²) in [5.41, 5.74) is -2.77. The standard InChI is InChI=1S/C16H11NO12/c18-5-1-2(7(20)11(24)10(23)6(1)19)8(21)15-3(5)17-4-9(22)12(25)13(26)14(27)16(4)29-28-15/h17-27H. The molecule has 3 aromatic carbocycles. The lowest BCUT2D eigenvalue weighted by molar-refractivity contribution is 0.0874. The molecule has 4 rings (SSSR count). The average Bonchev–Trinajstić information content (AvgIpc) is 2.90. The molecule has 0 amide bonds. The Kier molecular flexibility index (Phi) is 3.31. The van der Waals surface area contributed by atoms with Gasteiger partial charge in [0.1, 0.15) is 11.0 Å². The van der Waals surface area contributed by atoms with Gasteiger partial charge in [-0.2, -0.15) is 0 Å². The fourth-order valence-electron chi connectivity index (χ4n) is 2.90. The smallest absolute Gasteiger partial charge is 0.251 e. The molecule has 0 aliphatic heterocycles. The van der Waals surface area contributed by atoms with Crippen LogP contribution < -0.4 is 0 Å². The number of nitrogens with one attached hydrogen (secondary N) is 1. The first-order valence-electron chi connectivity index (χ1n) is 7.56. The summed E-state index contributed by atoms with van der Waals surface area (Å²) < 4.78 is 9.58. The van der Waals surface area contributed by atoms with Crippen molar-refractivity contribution in [2.45, 2.75) is 0 Å². The predicted molar refractivity (Wildman–Crippen MR) is 92.1 cm³/mol. The Morgan fingerprint density at radius 1 is 0.379 bits per heavy atom. The number of phenols is 10. The van der Waals surface area contributed by atoms with Crippen molar-refractivity contribution in [3.8, 4) is 57.5 Å². The summed E-state index contributed by atoms with van der Waals surface area (Å²) in [6.45, 7) is 0. The third-order valence-electron chi connectivity index (χ3n) is 4.36. The highest BCUT2D eigenvalue weighted by Gasteiger charge is 2.28. The Morgan fingerprint density at radius 2 is 0.759 bits per heavy atom. The van der Waals surface area contributed by atoms with Crippen LogP contribution in [0.15, 0.2) is 9.15 Å². The van der Waals surface area contributed by atoms with Crippen LogP contribution in [-0.2, 0) is 0 Å². The fraction of sp³-hybridized carbons (Fsp3) is 0. The van der Waals surface area contributed by atoms with Crippen LogP contribution >= 0.6 is 0 Å². The number of aromatic hydroxyl groups is 10. The van der Waals surface area contributed by atoms with Gasteiger partial charge in [-0.15, -0.1) is 0 Å². The summed E-state index contributed by atoms with van der Waals surface area (Å²) in [7, 11) is 0. The second kappa shape index (κ2) is 5.41. The summed E-state index contributed by atoms with van der Waals surface area (Å²) in [6, 6.07) is 0. The Morgan fingerprint density at radius 3 is 1.31 bits per heavy atom. The molecule has 0 atom stereocenters. The van der Waals surface area contributed by atoms with Gasteiger partial charge >= 0.3 is 0 Å². The van der Waals surface area contributed by atoms with Crippen LogP contribution in [0.4, 0.5) is 0 Å².